The molecular weight excluding hydrogens is 489 g/mol. The average molecular weight is 520 g/mol. The first-order valence-corrected chi connectivity index (χ1v) is 13.4. The molecule has 0 aliphatic heterocycles. The van der Waals surface area contributed by atoms with Crippen LogP contribution < -0.4 is 5.32 Å². The van der Waals surface area contributed by atoms with Gasteiger partial charge in [-0.05, 0) is 55.8 Å². The molecule has 0 fully saturated rings. The lowest BCUT2D eigenvalue weighted by Crippen LogP contribution is -2.40. The van der Waals surface area contributed by atoms with Crippen LogP contribution in [-0.4, -0.2) is 23.1 Å². The third-order valence-electron chi connectivity index (χ3n) is 5.00. The highest BCUT2D eigenvalue weighted by Crippen LogP contribution is 2.29. The van der Waals surface area contributed by atoms with Crippen molar-refractivity contribution in [1.29, 1.82) is 0 Å². The van der Waals surface area contributed by atoms with Crippen molar-refractivity contribution in [3.63, 3.8) is 0 Å². The summed E-state index contributed by atoms with van der Waals surface area (Å²) in [5.41, 5.74) is 1.56. The molecule has 0 aliphatic rings. The van der Waals surface area contributed by atoms with Crippen LogP contribution in [0.4, 0.5) is 4.39 Å². The number of carbonyl (C=O) groups is 1. The fraction of sp³-hybridized carbons (Fsp3) is 0.269. The van der Waals surface area contributed by atoms with Gasteiger partial charge in [-0.25, -0.2) is 17.0 Å². The van der Waals surface area contributed by atoms with Gasteiger partial charge in [-0.3, -0.25) is 4.79 Å². The van der Waals surface area contributed by atoms with Crippen molar-refractivity contribution in [2.45, 2.75) is 49.8 Å². The molecule has 9 heteroatoms. The fourth-order valence-electron chi connectivity index (χ4n) is 2.83. The smallest absolute Gasteiger partial charge is 0.226 e. The third kappa shape index (κ3) is 8.09. The predicted octanol–water partition coefficient (Wildman–Crippen LogP) is 5.34. The van der Waals surface area contributed by atoms with Gasteiger partial charge in [0.25, 0.3) is 0 Å². The van der Waals surface area contributed by atoms with E-state index in [1.165, 1.54) is 36.4 Å². The van der Waals surface area contributed by atoms with Crippen molar-refractivity contribution in [3.8, 4) is 0 Å². The summed E-state index contributed by atoms with van der Waals surface area (Å²) in [6.07, 6.45) is 0. The minimum Gasteiger partial charge on any atom is -0.335 e. The number of benzene rings is 3. The molecule has 2 N–H and O–H groups in total. The second-order valence-corrected chi connectivity index (χ2v) is 12.1. The molecule has 0 saturated heterocycles. The van der Waals surface area contributed by atoms with Crippen molar-refractivity contribution in [2.24, 2.45) is 5.41 Å². The van der Waals surface area contributed by atoms with Crippen LogP contribution in [0.1, 0.15) is 42.8 Å². The minimum atomic E-state index is -3.89. The van der Waals surface area contributed by atoms with E-state index in [0.29, 0.717) is 10.5 Å². The Labute approximate surface area is 208 Å². The van der Waals surface area contributed by atoms with Gasteiger partial charge >= 0.3 is 0 Å². The molecule has 0 bridgehead atoms. The highest BCUT2D eigenvalue weighted by molar-refractivity contribution is 7.91. The topological polar surface area (TPSA) is 101 Å². The zero-order chi connectivity index (χ0) is 26.4. The number of hydrogen-bond donors (Lipinski definition) is 2. The molecule has 3 rings (SSSR count). The van der Waals surface area contributed by atoms with E-state index >= 15 is 0 Å². The Morgan fingerprint density at radius 1 is 0.886 bits per heavy atom. The van der Waals surface area contributed by atoms with E-state index in [9.17, 15) is 21.8 Å². The number of rotatable bonds is 5. The first-order chi connectivity index (χ1) is 16.2. The number of nitrogens with one attached hydrogen (secondary N) is 1. The molecule has 1 amide bonds. The van der Waals surface area contributed by atoms with Crippen LogP contribution in [-0.2, 0) is 25.7 Å². The molecule has 0 heterocycles. The van der Waals surface area contributed by atoms with E-state index in [-0.39, 0.29) is 4.90 Å². The highest BCUT2D eigenvalue weighted by atomic mass is 32.2. The summed E-state index contributed by atoms with van der Waals surface area (Å²) in [5.74, 6) is -0.880. The summed E-state index contributed by atoms with van der Waals surface area (Å²) >= 11 is -1.84. The first-order valence-electron chi connectivity index (χ1n) is 10.8. The predicted molar refractivity (Wildman–Crippen MR) is 135 cm³/mol. The number of sulfone groups is 1. The van der Waals surface area contributed by atoms with Crippen molar-refractivity contribution in [1.82, 2.24) is 5.32 Å². The Hall–Kier alpha value is -2.88. The Balaban J connectivity index is 0.000000360. The summed E-state index contributed by atoms with van der Waals surface area (Å²) in [7, 11) is -3.89. The molecule has 0 radical (unpaired) electrons. The van der Waals surface area contributed by atoms with Crippen LogP contribution in [0.5, 0.6) is 0 Å². The van der Waals surface area contributed by atoms with Crippen molar-refractivity contribution >= 4 is 26.8 Å². The first kappa shape index (κ1) is 28.4. The molecule has 0 saturated carbocycles. The molecule has 188 valence electrons. The van der Waals surface area contributed by atoms with Crippen LogP contribution >= 0.6 is 0 Å². The van der Waals surface area contributed by atoms with Gasteiger partial charge in [0, 0.05) is 5.41 Å². The summed E-state index contributed by atoms with van der Waals surface area (Å²) in [6, 6.07) is 18.4. The van der Waals surface area contributed by atoms with Crippen LogP contribution in [0.2, 0.25) is 0 Å². The molecular formula is C26H30FNO5S2. The standard InChI is InChI=1S/C19H22FNO3S.C7H8O2S/c1-13-5-11-16(12-6-13)25(23,24)17(21-18(22)19(2,3)4)14-7-9-15(20)10-8-14;1-6-2-4-7(5-3-6)10(8)9/h5-12,17H,1-4H3,(H,21,22);2-5H,1H3,(H,8,9). The monoisotopic (exact) mass is 519 g/mol. The Morgan fingerprint density at radius 3 is 1.77 bits per heavy atom. The van der Waals surface area contributed by atoms with Crippen LogP contribution in [0, 0.1) is 25.1 Å². The van der Waals surface area contributed by atoms with Gasteiger partial charge in [0.15, 0.2) is 16.5 Å². The SMILES string of the molecule is Cc1ccc(S(=O)(=O)C(NC(=O)C(C)(C)C)c2ccc(F)cc2)cc1.Cc1ccc(S(=O)O)cc1. The molecule has 6 nitrogen and oxygen atoms in total. The molecule has 3 aromatic carbocycles. The molecule has 2 atom stereocenters. The number of carbonyl (C=O) groups excluding carboxylic acids is 1. The summed E-state index contributed by atoms with van der Waals surface area (Å²) in [5, 5.41) is 1.31. The Bertz CT molecular complexity index is 1270. The van der Waals surface area contributed by atoms with Crippen LogP contribution in [0.3, 0.4) is 0 Å². The molecule has 35 heavy (non-hydrogen) atoms. The molecule has 0 aliphatic carbocycles. The minimum absolute atomic E-state index is 0.0987. The van der Waals surface area contributed by atoms with Gasteiger partial charge in [-0.1, -0.05) is 68.3 Å². The number of hydrogen-bond acceptors (Lipinski definition) is 4. The second kappa shape index (κ2) is 11.7. The van der Waals surface area contributed by atoms with Crippen molar-refractivity contribution in [2.75, 3.05) is 0 Å². The van der Waals surface area contributed by atoms with E-state index < -0.39 is 43.4 Å². The Morgan fingerprint density at radius 2 is 1.34 bits per heavy atom. The third-order valence-corrected chi connectivity index (χ3v) is 7.61. The lowest BCUT2D eigenvalue weighted by Gasteiger charge is -2.25. The normalized spacial score (nSPS) is 13.2. The number of amides is 1. The number of halogens is 1. The van der Waals surface area contributed by atoms with Gasteiger partial charge < -0.3 is 9.87 Å². The highest BCUT2D eigenvalue weighted by Gasteiger charge is 2.33. The van der Waals surface area contributed by atoms with Crippen LogP contribution in [0.25, 0.3) is 0 Å². The van der Waals surface area contributed by atoms with E-state index in [2.05, 4.69) is 5.32 Å². The lowest BCUT2D eigenvalue weighted by atomic mass is 9.95. The maximum Gasteiger partial charge on any atom is 0.226 e. The Kier molecular flexibility index (Phi) is 9.48. The van der Waals surface area contributed by atoms with Crippen molar-refractivity contribution in [3.05, 3.63) is 95.3 Å². The fourth-order valence-corrected chi connectivity index (χ4v) is 4.77. The molecule has 0 aromatic heterocycles. The van der Waals surface area contributed by atoms with E-state index in [1.807, 2.05) is 26.0 Å². The maximum absolute atomic E-state index is 13.2. The average Bonchev–Trinajstić information content (AvgIpc) is 2.78. The van der Waals surface area contributed by atoms with Crippen molar-refractivity contribution < 1.29 is 26.4 Å². The summed E-state index contributed by atoms with van der Waals surface area (Å²) in [4.78, 5) is 12.9. The lowest BCUT2D eigenvalue weighted by molar-refractivity contribution is -0.128. The molecule has 3 aromatic rings. The molecule has 2 unspecified atom stereocenters. The quantitative estimate of drug-likeness (QED) is 0.443. The molecule has 0 spiro atoms. The number of aryl methyl sites for hydroxylation is 2. The maximum atomic E-state index is 13.2. The van der Waals surface area contributed by atoms with E-state index in [4.69, 9.17) is 4.55 Å². The van der Waals surface area contributed by atoms with E-state index in [0.717, 1.165) is 11.1 Å². The second-order valence-electron chi connectivity index (χ2n) is 9.08. The van der Waals surface area contributed by atoms with Gasteiger partial charge in [-0.2, -0.15) is 0 Å². The zero-order valence-electron chi connectivity index (χ0n) is 20.3. The van der Waals surface area contributed by atoms with Gasteiger partial charge in [-0.15, -0.1) is 0 Å². The van der Waals surface area contributed by atoms with E-state index in [1.54, 1.807) is 45.0 Å². The van der Waals surface area contributed by atoms with Gasteiger partial charge in [0.1, 0.15) is 5.82 Å². The zero-order valence-corrected chi connectivity index (χ0v) is 21.9. The van der Waals surface area contributed by atoms with Gasteiger partial charge in [0.05, 0.1) is 9.79 Å². The summed E-state index contributed by atoms with van der Waals surface area (Å²) < 4.78 is 58.4. The summed E-state index contributed by atoms with van der Waals surface area (Å²) in [6.45, 7) is 8.88. The van der Waals surface area contributed by atoms with Gasteiger partial charge in [0.2, 0.25) is 15.7 Å². The largest absolute Gasteiger partial charge is 0.335 e. The van der Waals surface area contributed by atoms with Crippen LogP contribution in [0.15, 0.2) is 82.6 Å².